The molecule has 1 aliphatic rings. The van der Waals surface area contributed by atoms with Gasteiger partial charge in [0.2, 0.25) is 0 Å². The fourth-order valence-electron chi connectivity index (χ4n) is 2.93. The van der Waals surface area contributed by atoms with Crippen LogP contribution < -0.4 is 9.47 Å². The van der Waals surface area contributed by atoms with E-state index >= 15 is 0 Å². The standard InChI is InChI=1S/C21H19N3O3S/c1-2-12-24-20(19-13-26-17-10-6-7-11-18(17)27-19)22-23-21(24)28-14-16(25)15-8-4-3-5-9-15/h2-11,19H,1,12-14H2/t19-/m0/s1. The van der Waals surface area contributed by atoms with Gasteiger partial charge in [0.25, 0.3) is 0 Å². The zero-order valence-corrected chi connectivity index (χ0v) is 16.0. The number of para-hydroxylation sites is 2. The molecule has 1 aromatic heterocycles. The van der Waals surface area contributed by atoms with Crippen molar-refractivity contribution in [3.63, 3.8) is 0 Å². The number of nitrogens with zero attached hydrogens (tertiary/aromatic N) is 3. The summed E-state index contributed by atoms with van der Waals surface area (Å²) in [6.45, 7) is 4.68. The molecule has 0 aliphatic carbocycles. The second kappa shape index (κ2) is 8.31. The van der Waals surface area contributed by atoms with Gasteiger partial charge >= 0.3 is 0 Å². The molecule has 0 saturated carbocycles. The Kier molecular flexibility index (Phi) is 5.43. The van der Waals surface area contributed by atoms with Crippen molar-refractivity contribution in [2.45, 2.75) is 17.8 Å². The van der Waals surface area contributed by atoms with Gasteiger partial charge in [-0.2, -0.15) is 0 Å². The zero-order valence-electron chi connectivity index (χ0n) is 15.2. The second-order valence-electron chi connectivity index (χ2n) is 6.18. The van der Waals surface area contributed by atoms with Crippen LogP contribution in [0.3, 0.4) is 0 Å². The number of fused-ring (bicyclic) bond motifs is 1. The molecular formula is C21H19N3O3S. The Morgan fingerprint density at radius 1 is 1.14 bits per heavy atom. The topological polar surface area (TPSA) is 66.2 Å². The predicted octanol–water partition coefficient (Wildman–Crippen LogP) is 3.95. The van der Waals surface area contributed by atoms with Crippen LogP contribution >= 0.6 is 11.8 Å². The van der Waals surface area contributed by atoms with Crippen molar-refractivity contribution in [3.05, 3.63) is 78.6 Å². The minimum atomic E-state index is -0.374. The summed E-state index contributed by atoms with van der Waals surface area (Å²) in [5.74, 6) is 2.39. The Hall–Kier alpha value is -3.06. The van der Waals surface area contributed by atoms with E-state index in [1.807, 2.05) is 59.2 Å². The largest absolute Gasteiger partial charge is 0.485 e. The van der Waals surface area contributed by atoms with Crippen molar-refractivity contribution in [2.24, 2.45) is 0 Å². The zero-order chi connectivity index (χ0) is 19.3. The summed E-state index contributed by atoms with van der Waals surface area (Å²) < 4.78 is 13.8. The van der Waals surface area contributed by atoms with E-state index in [1.54, 1.807) is 6.08 Å². The maximum absolute atomic E-state index is 12.4. The molecule has 28 heavy (non-hydrogen) atoms. The average Bonchev–Trinajstić information content (AvgIpc) is 3.15. The van der Waals surface area contributed by atoms with Crippen LogP contribution in [0.2, 0.25) is 0 Å². The molecule has 0 bridgehead atoms. The number of aromatic nitrogens is 3. The molecule has 6 nitrogen and oxygen atoms in total. The van der Waals surface area contributed by atoms with Crippen molar-refractivity contribution in [2.75, 3.05) is 12.4 Å². The summed E-state index contributed by atoms with van der Waals surface area (Å²) in [5, 5.41) is 9.24. The third kappa shape index (κ3) is 3.80. The smallest absolute Gasteiger partial charge is 0.192 e. The average molecular weight is 393 g/mol. The van der Waals surface area contributed by atoms with Crippen molar-refractivity contribution in [3.8, 4) is 11.5 Å². The summed E-state index contributed by atoms with van der Waals surface area (Å²) in [5.41, 5.74) is 0.686. The molecule has 3 aromatic rings. The molecule has 1 aliphatic heterocycles. The SMILES string of the molecule is C=CCn1c(SCC(=O)c2ccccc2)nnc1[C@@H]1COc2ccccc2O1. The maximum atomic E-state index is 12.4. The van der Waals surface area contributed by atoms with Gasteiger partial charge in [0.15, 0.2) is 34.4 Å². The Morgan fingerprint density at radius 2 is 1.89 bits per heavy atom. The maximum Gasteiger partial charge on any atom is 0.192 e. The van der Waals surface area contributed by atoms with Gasteiger partial charge in [-0.05, 0) is 12.1 Å². The fraction of sp³-hybridized carbons (Fsp3) is 0.190. The molecule has 7 heteroatoms. The molecule has 4 rings (SSSR count). The highest BCUT2D eigenvalue weighted by Gasteiger charge is 2.28. The van der Waals surface area contributed by atoms with E-state index in [0.29, 0.717) is 35.4 Å². The summed E-state index contributed by atoms with van der Waals surface area (Å²) >= 11 is 1.36. The van der Waals surface area contributed by atoms with Gasteiger partial charge in [-0.15, -0.1) is 16.8 Å². The first-order valence-corrected chi connectivity index (χ1v) is 9.88. The Bertz CT molecular complexity index is 988. The molecule has 0 radical (unpaired) electrons. The van der Waals surface area contributed by atoms with E-state index in [0.717, 1.165) is 5.75 Å². The number of ether oxygens (including phenoxy) is 2. The van der Waals surface area contributed by atoms with Crippen LogP contribution in [0.4, 0.5) is 0 Å². The molecule has 0 fully saturated rings. The fourth-order valence-corrected chi connectivity index (χ4v) is 3.78. The lowest BCUT2D eigenvalue weighted by Gasteiger charge is -2.26. The third-order valence-corrected chi connectivity index (χ3v) is 5.25. The molecule has 0 N–H and O–H groups in total. The molecule has 0 unspecified atom stereocenters. The molecule has 1 atom stereocenters. The molecule has 2 aromatic carbocycles. The summed E-state index contributed by atoms with van der Waals surface area (Å²) in [6.07, 6.45) is 1.40. The Balaban J connectivity index is 1.51. The number of hydrogen-bond acceptors (Lipinski definition) is 6. The van der Waals surface area contributed by atoms with Crippen molar-refractivity contribution >= 4 is 17.5 Å². The lowest BCUT2D eigenvalue weighted by atomic mass is 10.2. The lowest BCUT2D eigenvalue weighted by Crippen LogP contribution is -2.25. The van der Waals surface area contributed by atoms with Crippen LogP contribution in [-0.4, -0.2) is 32.9 Å². The van der Waals surface area contributed by atoms with Crippen molar-refractivity contribution < 1.29 is 14.3 Å². The van der Waals surface area contributed by atoms with Gasteiger partial charge in [0, 0.05) is 12.1 Å². The van der Waals surface area contributed by atoms with Gasteiger partial charge < -0.3 is 9.47 Å². The molecule has 2 heterocycles. The summed E-state index contributed by atoms with van der Waals surface area (Å²) in [7, 11) is 0. The van der Waals surface area contributed by atoms with Crippen LogP contribution in [0.25, 0.3) is 0 Å². The quantitative estimate of drug-likeness (QED) is 0.344. The molecule has 0 spiro atoms. The van der Waals surface area contributed by atoms with Crippen LogP contribution in [0, 0.1) is 0 Å². The summed E-state index contributed by atoms with van der Waals surface area (Å²) in [6, 6.07) is 16.8. The third-order valence-electron chi connectivity index (χ3n) is 4.28. The van der Waals surface area contributed by atoms with Gasteiger partial charge in [-0.1, -0.05) is 60.3 Å². The Labute approximate surface area is 167 Å². The number of allylic oxidation sites excluding steroid dienone is 1. The number of benzene rings is 2. The van der Waals surface area contributed by atoms with Crippen LogP contribution in [0.5, 0.6) is 11.5 Å². The van der Waals surface area contributed by atoms with Crippen LogP contribution in [0.15, 0.2) is 72.4 Å². The Morgan fingerprint density at radius 3 is 2.68 bits per heavy atom. The van der Waals surface area contributed by atoms with E-state index in [1.165, 1.54) is 11.8 Å². The first kappa shape index (κ1) is 18.3. The minimum Gasteiger partial charge on any atom is -0.485 e. The molecule has 142 valence electrons. The number of thioether (sulfide) groups is 1. The van der Waals surface area contributed by atoms with Gasteiger partial charge in [0.1, 0.15) is 6.61 Å². The molecule has 0 saturated heterocycles. The number of ketones is 1. The van der Waals surface area contributed by atoms with Crippen LogP contribution in [-0.2, 0) is 6.54 Å². The monoisotopic (exact) mass is 393 g/mol. The van der Waals surface area contributed by atoms with E-state index in [-0.39, 0.29) is 17.6 Å². The van der Waals surface area contributed by atoms with Gasteiger partial charge in [-0.3, -0.25) is 9.36 Å². The number of Topliss-reactive ketones (excluding diaryl/α,β-unsaturated/α-hetero) is 1. The summed E-state index contributed by atoms with van der Waals surface area (Å²) in [4.78, 5) is 12.4. The first-order valence-electron chi connectivity index (χ1n) is 8.90. The second-order valence-corrected chi connectivity index (χ2v) is 7.12. The lowest BCUT2D eigenvalue weighted by molar-refractivity contribution is 0.0821. The minimum absolute atomic E-state index is 0.0477. The van der Waals surface area contributed by atoms with Crippen LogP contribution in [0.1, 0.15) is 22.3 Å². The molecule has 0 amide bonds. The number of carbonyl (C=O) groups is 1. The van der Waals surface area contributed by atoms with E-state index in [2.05, 4.69) is 16.8 Å². The van der Waals surface area contributed by atoms with Crippen molar-refractivity contribution in [1.29, 1.82) is 0 Å². The van der Waals surface area contributed by atoms with Gasteiger partial charge in [-0.25, -0.2) is 0 Å². The van der Waals surface area contributed by atoms with Gasteiger partial charge in [0.05, 0.1) is 5.75 Å². The predicted molar refractivity (Wildman–Crippen MR) is 107 cm³/mol. The number of hydrogen-bond donors (Lipinski definition) is 0. The highest BCUT2D eigenvalue weighted by Crippen LogP contribution is 2.36. The highest BCUT2D eigenvalue weighted by molar-refractivity contribution is 7.99. The van der Waals surface area contributed by atoms with E-state index in [4.69, 9.17) is 9.47 Å². The van der Waals surface area contributed by atoms with E-state index in [9.17, 15) is 4.79 Å². The number of carbonyl (C=O) groups excluding carboxylic acids is 1. The van der Waals surface area contributed by atoms with Crippen molar-refractivity contribution in [1.82, 2.24) is 14.8 Å². The van der Waals surface area contributed by atoms with E-state index < -0.39 is 0 Å². The molecular weight excluding hydrogens is 374 g/mol. The first-order chi connectivity index (χ1) is 13.8. The highest BCUT2D eigenvalue weighted by atomic mass is 32.2. The normalized spacial score (nSPS) is 15.2. The number of rotatable bonds is 7.